The van der Waals surface area contributed by atoms with E-state index in [0.29, 0.717) is 6.04 Å². The number of piperazine rings is 1. The first kappa shape index (κ1) is 13.8. The van der Waals surface area contributed by atoms with Gasteiger partial charge in [-0.25, -0.2) is 0 Å². The third-order valence-corrected chi connectivity index (χ3v) is 4.28. The highest BCUT2D eigenvalue weighted by Crippen LogP contribution is 2.17. The van der Waals surface area contributed by atoms with Crippen molar-refractivity contribution >= 4 is 5.91 Å². The second-order valence-corrected chi connectivity index (χ2v) is 5.66. The summed E-state index contributed by atoms with van der Waals surface area (Å²) >= 11 is 0. The molecule has 104 valence electrons. The van der Waals surface area contributed by atoms with Crippen LogP contribution in [0.4, 0.5) is 0 Å². The van der Waals surface area contributed by atoms with Gasteiger partial charge < -0.3 is 10.6 Å². The van der Waals surface area contributed by atoms with Crippen LogP contribution in [0.3, 0.4) is 0 Å². The number of amides is 1. The van der Waals surface area contributed by atoms with E-state index in [4.69, 9.17) is 0 Å². The van der Waals surface area contributed by atoms with Crippen LogP contribution in [0.5, 0.6) is 0 Å². The second-order valence-electron chi connectivity index (χ2n) is 5.66. The van der Waals surface area contributed by atoms with Gasteiger partial charge in [-0.1, -0.05) is 25.7 Å². The molecule has 1 heterocycles. The van der Waals surface area contributed by atoms with Gasteiger partial charge in [0, 0.05) is 32.2 Å². The number of hydrogen-bond acceptors (Lipinski definition) is 3. The summed E-state index contributed by atoms with van der Waals surface area (Å²) in [5.74, 6) is 0.226. The number of rotatable bonds is 3. The predicted octanol–water partition coefficient (Wildman–Crippen LogP) is 1.12. The third kappa shape index (κ3) is 3.95. The molecule has 1 amide bonds. The Bertz CT molecular complexity index is 256. The van der Waals surface area contributed by atoms with Gasteiger partial charge in [-0.2, -0.15) is 0 Å². The molecule has 0 aromatic rings. The van der Waals surface area contributed by atoms with E-state index in [1.165, 1.54) is 38.5 Å². The van der Waals surface area contributed by atoms with Crippen LogP contribution in [-0.4, -0.2) is 49.1 Å². The molecule has 4 heteroatoms. The molecule has 18 heavy (non-hydrogen) atoms. The summed E-state index contributed by atoms with van der Waals surface area (Å²) in [5, 5.41) is 6.58. The molecule has 2 N–H and O–H groups in total. The van der Waals surface area contributed by atoms with E-state index in [9.17, 15) is 4.79 Å². The molecule has 1 aliphatic heterocycles. The van der Waals surface area contributed by atoms with Gasteiger partial charge in [-0.3, -0.25) is 9.69 Å². The van der Waals surface area contributed by atoms with Gasteiger partial charge in [0.05, 0.1) is 6.04 Å². The van der Waals surface area contributed by atoms with Crippen molar-refractivity contribution in [2.24, 2.45) is 0 Å². The number of carbonyl (C=O) groups is 1. The van der Waals surface area contributed by atoms with Crippen LogP contribution in [0.15, 0.2) is 0 Å². The molecule has 2 fully saturated rings. The van der Waals surface area contributed by atoms with Gasteiger partial charge >= 0.3 is 0 Å². The van der Waals surface area contributed by atoms with Gasteiger partial charge in [0.1, 0.15) is 0 Å². The first-order valence-electron chi connectivity index (χ1n) is 7.52. The lowest BCUT2D eigenvalue weighted by molar-refractivity contribution is -0.126. The summed E-state index contributed by atoms with van der Waals surface area (Å²) in [4.78, 5) is 14.5. The lowest BCUT2D eigenvalue weighted by Gasteiger charge is -2.32. The average Bonchev–Trinajstić information content (AvgIpc) is 2.67. The van der Waals surface area contributed by atoms with Crippen molar-refractivity contribution < 1.29 is 4.79 Å². The molecule has 2 aliphatic rings. The van der Waals surface area contributed by atoms with Gasteiger partial charge in [0.25, 0.3) is 0 Å². The fraction of sp³-hybridized carbons (Fsp3) is 0.929. The highest BCUT2D eigenvalue weighted by atomic mass is 16.2. The van der Waals surface area contributed by atoms with Gasteiger partial charge in [0.15, 0.2) is 0 Å². The Labute approximate surface area is 110 Å². The molecule has 4 nitrogen and oxygen atoms in total. The number of carbonyl (C=O) groups excluding carboxylic acids is 1. The molecule has 0 aromatic heterocycles. The topological polar surface area (TPSA) is 44.4 Å². The van der Waals surface area contributed by atoms with Crippen LogP contribution < -0.4 is 10.6 Å². The van der Waals surface area contributed by atoms with Crippen molar-refractivity contribution in [1.82, 2.24) is 15.5 Å². The van der Waals surface area contributed by atoms with E-state index in [1.54, 1.807) is 0 Å². The zero-order chi connectivity index (χ0) is 12.8. The number of hydrogen-bond donors (Lipinski definition) is 2. The Morgan fingerprint density at radius 3 is 2.39 bits per heavy atom. The van der Waals surface area contributed by atoms with E-state index in [-0.39, 0.29) is 11.9 Å². The average molecular weight is 253 g/mol. The number of nitrogens with one attached hydrogen (secondary N) is 2. The Hall–Kier alpha value is -0.610. The first-order valence-corrected chi connectivity index (χ1v) is 7.52. The highest BCUT2D eigenvalue weighted by Gasteiger charge is 2.24. The molecule has 2 rings (SSSR count). The Morgan fingerprint density at radius 2 is 1.78 bits per heavy atom. The zero-order valence-electron chi connectivity index (χ0n) is 11.6. The number of nitrogens with zero attached hydrogens (tertiary/aromatic N) is 1. The van der Waals surface area contributed by atoms with Gasteiger partial charge in [-0.05, 0) is 19.8 Å². The predicted molar refractivity (Wildman–Crippen MR) is 73.5 cm³/mol. The molecule has 0 bridgehead atoms. The maximum absolute atomic E-state index is 12.2. The first-order chi connectivity index (χ1) is 8.77. The van der Waals surface area contributed by atoms with E-state index in [2.05, 4.69) is 15.5 Å². The minimum Gasteiger partial charge on any atom is -0.352 e. The molecule has 0 spiro atoms. The summed E-state index contributed by atoms with van der Waals surface area (Å²) in [6.07, 6.45) is 7.54. The van der Waals surface area contributed by atoms with E-state index >= 15 is 0 Å². The highest BCUT2D eigenvalue weighted by molar-refractivity contribution is 5.81. The van der Waals surface area contributed by atoms with Crippen LogP contribution in [0.2, 0.25) is 0 Å². The van der Waals surface area contributed by atoms with Crippen LogP contribution in [0.1, 0.15) is 45.4 Å². The molecule has 1 saturated heterocycles. The van der Waals surface area contributed by atoms with Crippen molar-refractivity contribution in [3.8, 4) is 0 Å². The van der Waals surface area contributed by atoms with Crippen LogP contribution in [-0.2, 0) is 4.79 Å². The lowest BCUT2D eigenvalue weighted by Crippen LogP contribution is -2.54. The minimum atomic E-state index is 0.0235. The maximum Gasteiger partial charge on any atom is 0.237 e. The van der Waals surface area contributed by atoms with Crippen LogP contribution in [0, 0.1) is 0 Å². The van der Waals surface area contributed by atoms with Crippen molar-refractivity contribution in [2.75, 3.05) is 26.2 Å². The summed E-state index contributed by atoms with van der Waals surface area (Å²) in [7, 11) is 0. The van der Waals surface area contributed by atoms with Crippen molar-refractivity contribution in [1.29, 1.82) is 0 Å². The molecular weight excluding hydrogens is 226 g/mol. The summed E-state index contributed by atoms with van der Waals surface area (Å²) in [5.41, 5.74) is 0. The largest absolute Gasteiger partial charge is 0.352 e. The Morgan fingerprint density at radius 1 is 1.17 bits per heavy atom. The SMILES string of the molecule is CC(C(=O)NC1CCCCCC1)N1CCNCC1. The fourth-order valence-electron chi connectivity index (χ4n) is 2.98. The Balaban J connectivity index is 1.78. The van der Waals surface area contributed by atoms with Crippen molar-refractivity contribution in [3.63, 3.8) is 0 Å². The summed E-state index contributed by atoms with van der Waals surface area (Å²) in [6, 6.07) is 0.445. The lowest BCUT2D eigenvalue weighted by atomic mass is 10.1. The van der Waals surface area contributed by atoms with Gasteiger partial charge in [-0.15, -0.1) is 0 Å². The third-order valence-electron chi connectivity index (χ3n) is 4.28. The van der Waals surface area contributed by atoms with E-state index in [0.717, 1.165) is 26.2 Å². The standard InChI is InChI=1S/C14H27N3O/c1-12(17-10-8-15-9-11-17)14(18)16-13-6-4-2-3-5-7-13/h12-13,15H,2-11H2,1H3,(H,16,18). The minimum absolute atomic E-state index is 0.0235. The summed E-state index contributed by atoms with van der Waals surface area (Å²) < 4.78 is 0. The normalized spacial score (nSPS) is 25.4. The van der Waals surface area contributed by atoms with E-state index < -0.39 is 0 Å². The molecule has 0 aromatic carbocycles. The summed E-state index contributed by atoms with van der Waals surface area (Å²) in [6.45, 7) is 6.01. The van der Waals surface area contributed by atoms with Crippen LogP contribution in [0.25, 0.3) is 0 Å². The molecular formula is C14H27N3O. The van der Waals surface area contributed by atoms with Crippen LogP contribution >= 0.6 is 0 Å². The molecule has 1 unspecified atom stereocenters. The molecule has 0 radical (unpaired) electrons. The fourth-order valence-corrected chi connectivity index (χ4v) is 2.98. The maximum atomic E-state index is 12.2. The monoisotopic (exact) mass is 253 g/mol. The molecule has 1 atom stereocenters. The molecule has 1 aliphatic carbocycles. The quantitative estimate of drug-likeness (QED) is 0.741. The van der Waals surface area contributed by atoms with Crippen molar-refractivity contribution in [3.05, 3.63) is 0 Å². The van der Waals surface area contributed by atoms with Crippen molar-refractivity contribution in [2.45, 2.75) is 57.5 Å². The zero-order valence-corrected chi connectivity index (χ0v) is 11.6. The second kappa shape index (κ2) is 7.10. The van der Waals surface area contributed by atoms with E-state index in [1.807, 2.05) is 6.92 Å². The Kier molecular flexibility index (Phi) is 5.45. The smallest absolute Gasteiger partial charge is 0.237 e. The molecule has 1 saturated carbocycles. The van der Waals surface area contributed by atoms with Gasteiger partial charge in [0.2, 0.25) is 5.91 Å².